The largest absolute Gasteiger partial charge is 0.484 e. The van der Waals surface area contributed by atoms with E-state index in [2.05, 4.69) is 12.2 Å². The fraction of sp³-hybridized carbons (Fsp3) is 0.417. The Kier molecular flexibility index (Phi) is 9.18. The monoisotopic (exact) mass is 430 g/mol. The van der Waals surface area contributed by atoms with Gasteiger partial charge in [0.25, 0.3) is 5.91 Å². The number of aryl methyl sites for hydroxylation is 2. The molecular formula is C24H31ClN2O3. The molecule has 162 valence electrons. The summed E-state index contributed by atoms with van der Waals surface area (Å²) in [5.41, 5.74) is 2.98. The van der Waals surface area contributed by atoms with Crippen LogP contribution in [0.3, 0.4) is 0 Å². The predicted octanol–water partition coefficient (Wildman–Crippen LogP) is 4.67. The molecule has 0 fully saturated rings. The van der Waals surface area contributed by atoms with Crippen LogP contribution in [0.4, 0.5) is 0 Å². The molecule has 6 heteroatoms. The van der Waals surface area contributed by atoms with Gasteiger partial charge in [-0.15, -0.1) is 0 Å². The second-order valence-electron chi connectivity index (χ2n) is 7.53. The number of nitrogens with one attached hydrogen (secondary N) is 1. The van der Waals surface area contributed by atoms with Crippen LogP contribution >= 0.6 is 11.6 Å². The number of nitrogens with zero attached hydrogens (tertiary/aromatic N) is 1. The summed E-state index contributed by atoms with van der Waals surface area (Å²) in [6.07, 6.45) is 1.90. The number of ether oxygens (including phenoxy) is 1. The quantitative estimate of drug-likeness (QED) is 0.557. The van der Waals surface area contributed by atoms with Crippen molar-refractivity contribution in [2.75, 3.05) is 13.2 Å². The molecule has 0 heterocycles. The molecule has 2 rings (SSSR count). The molecule has 0 spiro atoms. The molecule has 2 aromatic rings. The average Bonchev–Trinajstić information content (AvgIpc) is 2.73. The third-order valence-corrected chi connectivity index (χ3v) is 5.39. The maximum absolute atomic E-state index is 13.0. The zero-order chi connectivity index (χ0) is 22.1. The van der Waals surface area contributed by atoms with Gasteiger partial charge >= 0.3 is 0 Å². The number of hydrogen-bond donors (Lipinski definition) is 1. The van der Waals surface area contributed by atoms with Crippen LogP contribution in [0.15, 0.2) is 42.5 Å². The molecule has 0 aliphatic rings. The summed E-state index contributed by atoms with van der Waals surface area (Å²) in [5, 5.41) is 3.56. The van der Waals surface area contributed by atoms with E-state index in [1.165, 1.54) is 0 Å². The second-order valence-corrected chi connectivity index (χ2v) is 7.93. The van der Waals surface area contributed by atoms with E-state index in [9.17, 15) is 9.59 Å². The number of benzene rings is 2. The van der Waals surface area contributed by atoms with Crippen molar-refractivity contribution in [3.63, 3.8) is 0 Å². The maximum Gasteiger partial charge on any atom is 0.261 e. The van der Waals surface area contributed by atoms with Crippen molar-refractivity contribution in [3.05, 3.63) is 64.2 Å². The van der Waals surface area contributed by atoms with Crippen LogP contribution in [-0.4, -0.2) is 35.9 Å². The Bertz CT molecular complexity index is 852. The molecule has 2 aromatic carbocycles. The molecule has 0 aliphatic carbocycles. The number of hydrogen-bond acceptors (Lipinski definition) is 3. The summed E-state index contributed by atoms with van der Waals surface area (Å²) < 4.78 is 5.69. The summed E-state index contributed by atoms with van der Waals surface area (Å²) in [4.78, 5) is 27.2. The van der Waals surface area contributed by atoms with Crippen molar-refractivity contribution in [1.29, 1.82) is 0 Å². The van der Waals surface area contributed by atoms with Gasteiger partial charge in [-0.05, 0) is 56.5 Å². The van der Waals surface area contributed by atoms with Crippen LogP contribution < -0.4 is 10.1 Å². The first-order chi connectivity index (χ1) is 14.3. The Morgan fingerprint density at radius 1 is 1.13 bits per heavy atom. The molecule has 0 radical (unpaired) electrons. The Balaban J connectivity index is 2.11. The van der Waals surface area contributed by atoms with E-state index >= 15 is 0 Å². The van der Waals surface area contributed by atoms with Crippen LogP contribution in [0.2, 0.25) is 5.02 Å². The molecule has 0 saturated carbocycles. The highest BCUT2D eigenvalue weighted by Crippen LogP contribution is 2.21. The molecular weight excluding hydrogens is 400 g/mol. The van der Waals surface area contributed by atoms with Gasteiger partial charge in [-0.25, -0.2) is 0 Å². The summed E-state index contributed by atoms with van der Waals surface area (Å²) >= 11 is 6.05. The van der Waals surface area contributed by atoms with E-state index in [1.807, 2.05) is 38.1 Å². The van der Waals surface area contributed by atoms with Crippen LogP contribution in [-0.2, 0) is 16.1 Å². The summed E-state index contributed by atoms with van der Waals surface area (Å²) in [7, 11) is 0. The number of halogens is 1. The van der Waals surface area contributed by atoms with Gasteiger partial charge in [0, 0.05) is 18.1 Å². The van der Waals surface area contributed by atoms with E-state index in [-0.39, 0.29) is 18.4 Å². The SMILES string of the molecule is CCCCNC(=O)C(C)N(Cc1ccc(C)cc1)C(=O)COc1ccc(Cl)c(C)c1. The summed E-state index contributed by atoms with van der Waals surface area (Å²) in [6, 6.07) is 12.6. The lowest BCUT2D eigenvalue weighted by Crippen LogP contribution is -2.49. The average molecular weight is 431 g/mol. The topological polar surface area (TPSA) is 58.6 Å². The van der Waals surface area contributed by atoms with Crippen molar-refractivity contribution in [1.82, 2.24) is 10.2 Å². The van der Waals surface area contributed by atoms with Crippen molar-refractivity contribution in [2.24, 2.45) is 0 Å². The molecule has 5 nitrogen and oxygen atoms in total. The highest BCUT2D eigenvalue weighted by Gasteiger charge is 2.26. The third-order valence-electron chi connectivity index (χ3n) is 4.96. The Morgan fingerprint density at radius 3 is 2.47 bits per heavy atom. The first kappa shape index (κ1) is 23.7. The van der Waals surface area contributed by atoms with Crippen LogP contribution in [0, 0.1) is 13.8 Å². The van der Waals surface area contributed by atoms with Crippen LogP contribution in [0.25, 0.3) is 0 Å². The van der Waals surface area contributed by atoms with E-state index < -0.39 is 6.04 Å². The molecule has 0 saturated heterocycles. The molecule has 30 heavy (non-hydrogen) atoms. The maximum atomic E-state index is 13.0. The van der Waals surface area contributed by atoms with Gasteiger partial charge in [0.05, 0.1) is 0 Å². The lowest BCUT2D eigenvalue weighted by molar-refractivity contribution is -0.142. The standard InChI is InChI=1S/C24H31ClN2O3/c1-5-6-13-26-24(29)19(4)27(15-20-9-7-17(2)8-10-20)23(28)16-30-21-11-12-22(25)18(3)14-21/h7-12,14,19H,5-6,13,15-16H2,1-4H3,(H,26,29). The van der Waals surface area contributed by atoms with E-state index in [1.54, 1.807) is 30.0 Å². The molecule has 1 atom stereocenters. The van der Waals surface area contributed by atoms with E-state index in [0.717, 1.165) is 29.5 Å². The number of carbonyl (C=O) groups is 2. The smallest absolute Gasteiger partial charge is 0.261 e. The van der Waals surface area contributed by atoms with Crippen LogP contribution in [0.1, 0.15) is 43.4 Å². The Labute approximate surface area is 184 Å². The summed E-state index contributed by atoms with van der Waals surface area (Å²) in [6.45, 7) is 8.50. The number of rotatable bonds is 10. The van der Waals surface area contributed by atoms with Gasteiger partial charge in [0.1, 0.15) is 11.8 Å². The molecule has 0 aromatic heterocycles. The second kappa shape index (κ2) is 11.6. The minimum Gasteiger partial charge on any atom is -0.484 e. The fourth-order valence-corrected chi connectivity index (χ4v) is 3.06. The minimum atomic E-state index is -0.605. The molecule has 1 N–H and O–H groups in total. The highest BCUT2D eigenvalue weighted by atomic mass is 35.5. The van der Waals surface area contributed by atoms with Gasteiger partial charge in [0.15, 0.2) is 6.61 Å². The molecule has 1 unspecified atom stereocenters. The predicted molar refractivity (Wildman–Crippen MR) is 121 cm³/mol. The summed E-state index contributed by atoms with van der Waals surface area (Å²) in [5.74, 6) is 0.160. The third kappa shape index (κ3) is 7.06. The zero-order valence-electron chi connectivity index (χ0n) is 18.2. The van der Waals surface area contributed by atoms with Crippen molar-refractivity contribution >= 4 is 23.4 Å². The molecule has 2 amide bonds. The van der Waals surface area contributed by atoms with E-state index in [0.29, 0.717) is 23.9 Å². The number of unbranched alkanes of at least 4 members (excludes halogenated alkanes) is 1. The normalized spacial score (nSPS) is 11.6. The zero-order valence-corrected chi connectivity index (χ0v) is 19.0. The van der Waals surface area contributed by atoms with E-state index in [4.69, 9.17) is 16.3 Å². The lowest BCUT2D eigenvalue weighted by atomic mass is 10.1. The highest BCUT2D eigenvalue weighted by molar-refractivity contribution is 6.31. The van der Waals surface area contributed by atoms with Gasteiger partial charge in [0.2, 0.25) is 5.91 Å². The lowest BCUT2D eigenvalue weighted by Gasteiger charge is -2.29. The van der Waals surface area contributed by atoms with Crippen molar-refractivity contribution < 1.29 is 14.3 Å². The molecule has 0 aliphatic heterocycles. The Hall–Kier alpha value is -2.53. The van der Waals surface area contributed by atoms with Gasteiger partial charge in [-0.1, -0.05) is 54.8 Å². The van der Waals surface area contributed by atoms with Gasteiger partial charge < -0.3 is 15.0 Å². The Morgan fingerprint density at radius 2 is 1.83 bits per heavy atom. The molecule has 0 bridgehead atoms. The van der Waals surface area contributed by atoms with Crippen molar-refractivity contribution in [3.8, 4) is 5.75 Å². The van der Waals surface area contributed by atoms with Gasteiger partial charge in [-0.2, -0.15) is 0 Å². The number of carbonyl (C=O) groups excluding carboxylic acids is 2. The first-order valence-corrected chi connectivity index (χ1v) is 10.7. The van der Waals surface area contributed by atoms with Crippen molar-refractivity contribution in [2.45, 2.75) is 53.1 Å². The first-order valence-electron chi connectivity index (χ1n) is 10.3. The minimum absolute atomic E-state index is 0.153. The number of amides is 2. The van der Waals surface area contributed by atoms with Crippen LogP contribution in [0.5, 0.6) is 5.75 Å². The fourth-order valence-electron chi connectivity index (χ4n) is 2.94. The van der Waals surface area contributed by atoms with Gasteiger partial charge in [-0.3, -0.25) is 9.59 Å².